The smallest absolute Gasteiger partial charge is 0.276 e. The van der Waals surface area contributed by atoms with Crippen molar-refractivity contribution in [2.24, 2.45) is 0 Å². The molecule has 0 bridgehead atoms. The van der Waals surface area contributed by atoms with E-state index < -0.39 is 15.7 Å². The lowest BCUT2D eigenvalue weighted by Gasteiger charge is -2.07. The van der Waals surface area contributed by atoms with Crippen LogP contribution in [0.4, 0.5) is 17.3 Å². The average molecular weight is 272 g/mol. The van der Waals surface area contributed by atoms with Crippen LogP contribution in [-0.2, 0) is 10.8 Å². The summed E-state index contributed by atoms with van der Waals surface area (Å²) in [5.74, 6) is 1.33. The Bertz CT molecular complexity index is 453. The van der Waals surface area contributed by atoms with Crippen molar-refractivity contribution in [3.63, 3.8) is 0 Å². The number of aromatic nitrogens is 1. The molecule has 0 fully saturated rings. The monoisotopic (exact) mass is 272 g/mol. The molecular formula is C10H16N4O3S. The first kappa shape index (κ1) is 14.4. The van der Waals surface area contributed by atoms with Crippen LogP contribution in [0.25, 0.3) is 0 Å². The summed E-state index contributed by atoms with van der Waals surface area (Å²) in [6.07, 6.45) is 1.60. The third kappa shape index (κ3) is 4.66. The first-order valence-electron chi connectivity index (χ1n) is 5.47. The molecule has 1 unspecified atom stereocenters. The van der Waals surface area contributed by atoms with E-state index in [1.54, 1.807) is 6.26 Å². The van der Waals surface area contributed by atoms with E-state index in [1.807, 2.05) is 6.92 Å². The molecule has 0 aliphatic rings. The Morgan fingerprint density at radius 3 is 2.50 bits per heavy atom. The van der Waals surface area contributed by atoms with Gasteiger partial charge >= 0.3 is 0 Å². The maximum atomic E-state index is 10.9. The van der Waals surface area contributed by atoms with Gasteiger partial charge in [0.05, 0.1) is 17.1 Å². The molecule has 18 heavy (non-hydrogen) atoms. The van der Waals surface area contributed by atoms with Gasteiger partial charge in [-0.2, -0.15) is 0 Å². The van der Waals surface area contributed by atoms with Gasteiger partial charge < -0.3 is 10.6 Å². The van der Waals surface area contributed by atoms with Crippen molar-refractivity contribution in [1.82, 2.24) is 4.98 Å². The lowest BCUT2D eigenvalue weighted by Crippen LogP contribution is -2.12. The van der Waals surface area contributed by atoms with Gasteiger partial charge in [-0.05, 0) is 6.92 Å². The van der Waals surface area contributed by atoms with Gasteiger partial charge in [-0.3, -0.25) is 14.3 Å². The van der Waals surface area contributed by atoms with Crippen LogP contribution in [0.2, 0.25) is 0 Å². The summed E-state index contributed by atoms with van der Waals surface area (Å²) < 4.78 is 10.9. The van der Waals surface area contributed by atoms with Gasteiger partial charge in [-0.15, -0.1) is 0 Å². The SMILES string of the molecule is CCNc1cc([N+](=O)[O-])cc(NCCS(C)=O)n1. The lowest BCUT2D eigenvalue weighted by atomic mass is 10.3. The van der Waals surface area contributed by atoms with Crippen molar-refractivity contribution >= 4 is 28.1 Å². The van der Waals surface area contributed by atoms with Crippen LogP contribution in [0.15, 0.2) is 12.1 Å². The van der Waals surface area contributed by atoms with Gasteiger partial charge in [0.1, 0.15) is 11.6 Å². The first-order chi connectivity index (χ1) is 8.52. The molecule has 0 amide bonds. The Labute approximate surface area is 108 Å². The van der Waals surface area contributed by atoms with Crippen LogP contribution in [-0.4, -0.2) is 39.2 Å². The second-order valence-corrected chi connectivity index (χ2v) is 5.14. The van der Waals surface area contributed by atoms with Crippen molar-refractivity contribution in [2.75, 3.05) is 35.7 Å². The number of nitrogens with one attached hydrogen (secondary N) is 2. The number of pyridine rings is 1. The molecule has 0 aromatic carbocycles. The topological polar surface area (TPSA) is 97.2 Å². The molecule has 0 spiro atoms. The van der Waals surface area contributed by atoms with E-state index in [4.69, 9.17) is 0 Å². The molecule has 8 heteroatoms. The Morgan fingerprint density at radius 1 is 1.39 bits per heavy atom. The molecule has 7 nitrogen and oxygen atoms in total. The third-order valence-corrected chi connectivity index (χ3v) is 2.85. The number of nitrogens with zero attached hydrogens (tertiary/aromatic N) is 2. The summed E-state index contributed by atoms with van der Waals surface area (Å²) in [5, 5.41) is 16.6. The van der Waals surface area contributed by atoms with Crippen molar-refractivity contribution in [2.45, 2.75) is 6.92 Å². The highest BCUT2D eigenvalue weighted by molar-refractivity contribution is 7.84. The van der Waals surface area contributed by atoms with Gasteiger partial charge in [0.25, 0.3) is 5.69 Å². The van der Waals surface area contributed by atoms with Crippen LogP contribution in [0.3, 0.4) is 0 Å². The van der Waals surface area contributed by atoms with Gasteiger partial charge in [0.2, 0.25) is 0 Å². The zero-order valence-corrected chi connectivity index (χ0v) is 11.1. The fourth-order valence-corrected chi connectivity index (χ4v) is 1.70. The molecule has 100 valence electrons. The lowest BCUT2D eigenvalue weighted by molar-refractivity contribution is -0.384. The Morgan fingerprint density at radius 2 is 2.00 bits per heavy atom. The molecule has 0 aliphatic heterocycles. The van der Waals surface area contributed by atoms with E-state index in [1.165, 1.54) is 12.1 Å². The molecule has 0 saturated carbocycles. The highest BCUT2D eigenvalue weighted by atomic mass is 32.2. The number of rotatable bonds is 7. The minimum Gasteiger partial charge on any atom is -0.370 e. The number of nitro groups is 1. The summed E-state index contributed by atoms with van der Waals surface area (Å²) in [5.41, 5.74) is -0.0268. The van der Waals surface area contributed by atoms with Crippen LogP contribution in [0, 0.1) is 10.1 Å². The van der Waals surface area contributed by atoms with Crippen LogP contribution >= 0.6 is 0 Å². The van der Waals surface area contributed by atoms with E-state index in [-0.39, 0.29) is 5.69 Å². The average Bonchev–Trinajstić information content (AvgIpc) is 2.28. The molecule has 1 rings (SSSR count). The van der Waals surface area contributed by atoms with Gasteiger partial charge in [0, 0.05) is 35.9 Å². The van der Waals surface area contributed by atoms with E-state index >= 15 is 0 Å². The molecule has 0 radical (unpaired) electrons. The largest absolute Gasteiger partial charge is 0.370 e. The molecule has 0 aliphatic carbocycles. The van der Waals surface area contributed by atoms with Gasteiger partial charge in [-0.1, -0.05) is 0 Å². The van der Waals surface area contributed by atoms with Crippen molar-refractivity contribution < 1.29 is 9.13 Å². The Balaban J connectivity index is 2.82. The van der Waals surface area contributed by atoms with Crippen molar-refractivity contribution in [3.8, 4) is 0 Å². The van der Waals surface area contributed by atoms with Crippen LogP contribution in [0.1, 0.15) is 6.92 Å². The summed E-state index contributed by atoms with van der Waals surface area (Å²) in [6, 6.07) is 2.74. The summed E-state index contributed by atoms with van der Waals surface area (Å²) >= 11 is 0. The number of hydrogen-bond donors (Lipinski definition) is 2. The molecule has 1 aromatic heterocycles. The summed E-state index contributed by atoms with van der Waals surface area (Å²) in [7, 11) is -0.902. The molecule has 2 N–H and O–H groups in total. The molecule has 1 heterocycles. The quantitative estimate of drug-likeness (QED) is 0.572. The maximum Gasteiger partial charge on any atom is 0.276 e. The molecule has 0 saturated heterocycles. The third-order valence-electron chi connectivity index (χ3n) is 2.07. The van der Waals surface area contributed by atoms with E-state index in [2.05, 4.69) is 15.6 Å². The fourth-order valence-electron chi connectivity index (χ4n) is 1.31. The Kier molecular flexibility index (Phi) is 5.50. The number of anilines is 2. The minimum absolute atomic E-state index is 0.0268. The van der Waals surface area contributed by atoms with E-state index in [9.17, 15) is 14.3 Å². The zero-order valence-electron chi connectivity index (χ0n) is 10.3. The predicted octanol–water partition coefficient (Wildman–Crippen LogP) is 1.21. The molecule has 1 atom stereocenters. The summed E-state index contributed by atoms with van der Waals surface area (Å²) in [4.78, 5) is 14.5. The maximum absolute atomic E-state index is 10.9. The first-order valence-corrected chi connectivity index (χ1v) is 7.20. The minimum atomic E-state index is -0.902. The Hall–Kier alpha value is -1.70. The molecular weight excluding hydrogens is 256 g/mol. The zero-order chi connectivity index (χ0) is 13.5. The highest BCUT2D eigenvalue weighted by Crippen LogP contribution is 2.20. The summed E-state index contributed by atoms with van der Waals surface area (Å²) in [6.45, 7) is 2.98. The van der Waals surface area contributed by atoms with Crippen molar-refractivity contribution in [1.29, 1.82) is 0 Å². The second kappa shape index (κ2) is 6.90. The highest BCUT2D eigenvalue weighted by Gasteiger charge is 2.10. The van der Waals surface area contributed by atoms with Crippen LogP contribution < -0.4 is 10.6 Å². The normalized spacial score (nSPS) is 11.9. The van der Waals surface area contributed by atoms with Crippen molar-refractivity contribution in [3.05, 3.63) is 22.2 Å². The van der Waals surface area contributed by atoms with E-state index in [0.29, 0.717) is 30.5 Å². The number of hydrogen-bond acceptors (Lipinski definition) is 6. The van der Waals surface area contributed by atoms with Gasteiger partial charge in [0.15, 0.2) is 0 Å². The molecule has 1 aromatic rings. The van der Waals surface area contributed by atoms with Crippen LogP contribution in [0.5, 0.6) is 0 Å². The standard InChI is InChI=1S/C10H16N4O3S/c1-3-11-9-6-8(14(15)16)7-10(13-9)12-4-5-18(2)17/h6-7H,3-5H2,1-2H3,(H2,11,12,13). The van der Waals surface area contributed by atoms with E-state index in [0.717, 1.165) is 0 Å². The van der Waals surface area contributed by atoms with Gasteiger partial charge in [-0.25, -0.2) is 4.98 Å². The fraction of sp³-hybridized carbons (Fsp3) is 0.500. The second-order valence-electron chi connectivity index (χ2n) is 3.59. The predicted molar refractivity (Wildman–Crippen MR) is 72.5 cm³/mol.